The van der Waals surface area contributed by atoms with E-state index in [0.29, 0.717) is 27.0 Å². The summed E-state index contributed by atoms with van der Waals surface area (Å²) in [5.41, 5.74) is 1.71. The van der Waals surface area contributed by atoms with Gasteiger partial charge < -0.3 is 15.0 Å². The smallest absolute Gasteiger partial charge is 0.264 e. The number of ether oxygens (including phenoxy) is 1. The minimum atomic E-state index is -4.20. The van der Waals surface area contributed by atoms with Gasteiger partial charge >= 0.3 is 0 Å². The van der Waals surface area contributed by atoms with Crippen LogP contribution in [0, 0.1) is 6.92 Å². The largest absolute Gasteiger partial charge is 0.497 e. The predicted molar refractivity (Wildman–Crippen MR) is 166 cm³/mol. The molecule has 8 nitrogen and oxygen atoms in total. The molecule has 224 valence electrons. The highest BCUT2D eigenvalue weighted by Crippen LogP contribution is 2.29. The van der Waals surface area contributed by atoms with Crippen molar-refractivity contribution in [3.05, 3.63) is 87.9 Å². The van der Waals surface area contributed by atoms with Crippen LogP contribution in [-0.2, 0) is 26.2 Å². The van der Waals surface area contributed by atoms with Crippen LogP contribution in [0.1, 0.15) is 43.7 Å². The molecule has 4 rings (SSSR count). The molecule has 0 heterocycles. The fraction of sp³-hybridized carbons (Fsp3) is 0.355. The number of rotatable bonds is 11. The number of benzene rings is 3. The second kappa shape index (κ2) is 13.8. The molecule has 0 saturated heterocycles. The molecule has 2 amide bonds. The van der Waals surface area contributed by atoms with Crippen LogP contribution in [-0.4, -0.2) is 50.9 Å². The number of anilines is 1. The highest BCUT2D eigenvalue weighted by Gasteiger charge is 2.34. The lowest BCUT2D eigenvalue weighted by Crippen LogP contribution is -2.52. The Bertz CT molecular complexity index is 1490. The van der Waals surface area contributed by atoms with Crippen molar-refractivity contribution in [1.82, 2.24) is 10.2 Å². The lowest BCUT2D eigenvalue weighted by Gasteiger charge is -2.33. The van der Waals surface area contributed by atoms with E-state index >= 15 is 0 Å². The van der Waals surface area contributed by atoms with E-state index in [1.807, 2.05) is 6.92 Å². The van der Waals surface area contributed by atoms with Gasteiger partial charge in [0.25, 0.3) is 10.0 Å². The lowest BCUT2D eigenvalue weighted by atomic mass is 10.1. The Kier molecular flexibility index (Phi) is 10.4. The maximum Gasteiger partial charge on any atom is 0.264 e. The van der Waals surface area contributed by atoms with Gasteiger partial charge in [-0.05, 0) is 75.2 Å². The highest BCUT2D eigenvalue weighted by atomic mass is 35.5. The first-order chi connectivity index (χ1) is 20.0. The summed E-state index contributed by atoms with van der Waals surface area (Å²) in [6, 6.07) is 16.9. The van der Waals surface area contributed by atoms with Gasteiger partial charge in [-0.3, -0.25) is 13.9 Å². The summed E-state index contributed by atoms with van der Waals surface area (Å²) in [7, 11) is -2.71. The van der Waals surface area contributed by atoms with Gasteiger partial charge in [0.15, 0.2) is 0 Å². The molecule has 1 N–H and O–H groups in total. The number of carbonyl (C=O) groups excluding carboxylic acids is 2. The molecule has 1 atom stereocenters. The Balaban J connectivity index is 1.71. The second-order valence-corrected chi connectivity index (χ2v) is 13.1. The summed E-state index contributed by atoms with van der Waals surface area (Å²) in [4.78, 5) is 28.8. The number of hydrogen-bond donors (Lipinski definition) is 1. The summed E-state index contributed by atoms with van der Waals surface area (Å²) < 4.78 is 34.2. The van der Waals surface area contributed by atoms with Crippen molar-refractivity contribution in [2.24, 2.45) is 0 Å². The molecule has 0 aromatic heterocycles. The Labute approximate surface area is 257 Å². The Morgan fingerprint density at radius 2 is 1.57 bits per heavy atom. The molecule has 3 aromatic carbocycles. The number of sulfonamides is 1. The van der Waals surface area contributed by atoms with Gasteiger partial charge in [0.1, 0.15) is 18.3 Å². The van der Waals surface area contributed by atoms with E-state index in [1.165, 1.54) is 24.1 Å². The Hall–Kier alpha value is -3.27. The van der Waals surface area contributed by atoms with E-state index in [1.54, 1.807) is 61.5 Å². The number of nitrogens with one attached hydrogen (secondary N) is 1. The zero-order valence-corrected chi connectivity index (χ0v) is 26.2. The number of methoxy groups -OCH3 is 1. The number of carbonyl (C=O) groups is 2. The van der Waals surface area contributed by atoms with E-state index in [9.17, 15) is 18.0 Å². The molecule has 1 saturated carbocycles. The van der Waals surface area contributed by atoms with Gasteiger partial charge in [-0.15, -0.1) is 0 Å². The zero-order chi connectivity index (χ0) is 30.4. The number of halogens is 2. The fourth-order valence-corrected chi connectivity index (χ4v) is 6.87. The van der Waals surface area contributed by atoms with E-state index in [4.69, 9.17) is 27.9 Å². The molecule has 42 heavy (non-hydrogen) atoms. The lowest BCUT2D eigenvalue weighted by molar-refractivity contribution is -0.139. The second-order valence-electron chi connectivity index (χ2n) is 10.4. The van der Waals surface area contributed by atoms with Crippen LogP contribution in [0.5, 0.6) is 5.75 Å². The maximum absolute atomic E-state index is 14.1. The molecular formula is C31H35Cl2N3O5S. The van der Waals surface area contributed by atoms with Gasteiger partial charge in [0.05, 0.1) is 17.7 Å². The molecule has 0 bridgehead atoms. The average Bonchev–Trinajstić information content (AvgIpc) is 3.49. The SMILES string of the molecule is COc1ccc(S(=O)(=O)N(CC(=O)N(Cc2c(Cl)cccc2Cl)[C@@H](C)C(=O)NC2CCCC2)c2ccc(C)cc2)cc1. The first-order valence-electron chi connectivity index (χ1n) is 13.8. The monoisotopic (exact) mass is 631 g/mol. The summed E-state index contributed by atoms with van der Waals surface area (Å²) in [5, 5.41) is 3.72. The number of nitrogens with zero attached hydrogens (tertiary/aromatic N) is 2. The molecule has 1 fully saturated rings. The third-order valence-corrected chi connectivity index (χ3v) is 10.0. The highest BCUT2D eigenvalue weighted by molar-refractivity contribution is 7.92. The molecule has 11 heteroatoms. The first-order valence-corrected chi connectivity index (χ1v) is 16.0. The van der Waals surface area contributed by atoms with Gasteiger partial charge in [-0.2, -0.15) is 0 Å². The van der Waals surface area contributed by atoms with E-state index < -0.39 is 28.5 Å². The minimum absolute atomic E-state index is 0.00982. The van der Waals surface area contributed by atoms with Crippen LogP contribution in [0.4, 0.5) is 5.69 Å². The van der Waals surface area contributed by atoms with Crippen molar-refractivity contribution in [2.45, 2.75) is 63.1 Å². The Morgan fingerprint density at radius 1 is 0.976 bits per heavy atom. The van der Waals surface area contributed by atoms with E-state index in [-0.39, 0.29) is 23.4 Å². The molecule has 0 unspecified atom stereocenters. The van der Waals surface area contributed by atoms with Crippen LogP contribution in [0.15, 0.2) is 71.6 Å². The van der Waals surface area contributed by atoms with Crippen molar-refractivity contribution < 1.29 is 22.7 Å². The van der Waals surface area contributed by atoms with Crippen molar-refractivity contribution in [1.29, 1.82) is 0 Å². The standard InChI is InChI=1S/C31H35Cl2N3O5S/c1-21-11-13-24(14-12-21)36(42(39,40)26-17-15-25(41-3)16-18-26)20-30(37)35(19-27-28(32)9-6-10-29(27)33)22(2)31(38)34-23-7-4-5-8-23/h6,9-18,22-23H,4-5,7-8,19-20H2,1-3H3,(H,34,38)/t22-/m0/s1. The summed E-state index contributed by atoms with van der Waals surface area (Å²) >= 11 is 12.9. The summed E-state index contributed by atoms with van der Waals surface area (Å²) in [5.74, 6) is -0.409. The molecule has 1 aliphatic carbocycles. The van der Waals surface area contributed by atoms with Crippen LogP contribution < -0.4 is 14.4 Å². The number of amides is 2. The van der Waals surface area contributed by atoms with Gasteiger partial charge in [-0.1, -0.05) is 59.8 Å². The van der Waals surface area contributed by atoms with Gasteiger partial charge in [0, 0.05) is 28.2 Å². The van der Waals surface area contributed by atoms with Crippen molar-refractivity contribution >= 4 is 50.7 Å². The summed E-state index contributed by atoms with van der Waals surface area (Å²) in [6.45, 7) is 2.87. The van der Waals surface area contributed by atoms with Crippen molar-refractivity contribution in [3.8, 4) is 5.75 Å². The predicted octanol–water partition coefficient (Wildman–Crippen LogP) is 5.98. The molecule has 0 radical (unpaired) electrons. The van der Waals surface area contributed by atoms with Crippen LogP contribution in [0.3, 0.4) is 0 Å². The van der Waals surface area contributed by atoms with Gasteiger partial charge in [-0.25, -0.2) is 8.42 Å². The van der Waals surface area contributed by atoms with Crippen molar-refractivity contribution in [3.63, 3.8) is 0 Å². The fourth-order valence-electron chi connectivity index (χ4n) is 4.94. The molecule has 1 aliphatic rings. The molecular weight excluding hydrogens is 597 g/mol. The normalized spacial score (nSPS) is 14.3. The van der Waals surface area contributed by atoms with Gasteiger partial charge in [0.2, 0.25) is 11.8 Å². The van der Waals surface area contributed by atoms with E-state index in [2.05, 4.69) is 5.32 Å². The molecule has 0 aliphatic heterocycles. The minimum Gasteiger partial charge on any atom is -0.497 e. The maximum atomic E-state index is 14.1. The third kappa shape index (κ3) is 7.38. The zero-order valence-electron chi connectivity index (χ0n) is 23.8. The number of aryl methyl sites for hydroxylation is 1. The quantitative estimate of drug-likeness (QED) is 0.281. The number of hydrogen-bond acceptors (Lipinski definition) is 5. The molecule has 3 aromatic rings. The van der Waals surface area contributed by atoms with Crippen LogP contribution >= 0.6 is 23.2 Å². The average molecular weight is 633 g/mol. The summed E-state index contributed by atoms with van der Waals surface area (Å²) in [6.07, 6.45) is 3.83. The van der Waals surface area contributed by atoms with Crippen molar-refractivity contribution in [2.75, 3.05) is 18.0 Å². The van der Waals surface area contributed by atoms with Crippen LogP contribution in [0.25, 0.3) is 0 Å². The molecule has 0 spiro atoms. The topological polar surface area (TPSA) is 96.0 Å². The van der Waals surface area contributed by atoms with E-state index in [0.717, 1.165) is 35.6 Å². The van der Waals surface area contributed by atoms with Crippen LogP contribution in [0.2, 0.25) is 10.0 Å². The Morgan fingerprint density at radius 3 is 2.14 bits per heavy atom. The third-order valence-electron chi connectivity index (χ3n) is 7.51. The first kappa shape index (κ1) is 31.7.